The number of hydrogen-bond acceptors (Lipinski definition) is 1. The molecule has 0 unspecified atom stereocenters. The van der Waals surface area contributed by atoms with Crippen molar-refractivity contribution in [2.45, 2.75) is 12.6 Å². The Morgan fingerprint density at radius 2 is 2.06 bits per heavy atom. The van der Waals surface area contributed by atoms with E-state index in [1.807, 2.05) is 0 Å². The summed E-state index contributed by atoms with van der Waals surface area (Å²) < 4.78 is 36.9. The van der Waals surface area contributed by atoms with Gasteiger partial charge in [0.15, 0.2) is 0 Å². The first-order valence-corrected chi connectivity index (χ1v) is 4.45. The highest BCUT2D eigenvalue weighted by Gasteiger charge is 2.30. The first-order chi connectivity index (χ1) is 7.39. The third-order valence-electron chi connectivity index (χ3n) is 1.82. The number of halogens is 3. The molecule has 0 saturated heterocycles. The molecule has 0 aromatic heterocycles. The van der Waals surface area contributed by atoms with Gasteiger partial charge >= 0.3 is 12.1 Å². The van der Waals surface area contributed by atoms with E-state index in [9.17, 15) is 18.0 Å². The quantitative estimate of drug-likeness (QED) is 0.865. The van der Waals surface area contributed by atoms with Gasteiger partial charge in [0.25, 0.3) is 0 Å². The number of carboxylic acids is 1. The van der Waals surface area contributed by atoms with Crippen LogP contribution in [0.15, 0.2) is 30.3 Å². The first kappa shape index (κ1) is 12.3. The van der Waals surface area contributed by atoms with Crippen LogP contribution in [0, 0.1) is 0 Å². The molecular weight excluding hydrogens is 221 g/mol. The van der Waals surface area contributed by atoms with Crippen LogP contribution in [0.4, 0.5) is 13.2 Å². The van der Waals surface area contributed by atoms with Crippen molar-refractivity contribution < 1.29 is 23.1 Å². The van der Waals surface area contributed by atoms with Crippen LogP contribution < -0.4 is 0 Å². The Bertz CT molecular complexity index is 408. The average Bonchev–Trinajstić information content (AvgIpc) is 2.16. The Labute approximate surface area is 90.0 Å². The Morgan fingerprint density at radius 3 is 2.62 bits per heavy atom. The Morgan fingerprint density at radius 1 is 1.38 bits per heavy atom. The first-order valence-electron chi connectivity index (χ1n) is 4.45. The Kier molecular flexibility index (Phi) is 3.71. The molecule has 0 radical (unpaired) electrons. The average molecular weight is 230 g/mol. The summed E-state index contributed by atoms with van der Waals surface area (Å²) in [6, 6.07) is 4.70. The molecule has 1 rings (SSSR count). The van der Waals surface area contributed by atoms with Crippen molar-refractivity contribution in [2.75, 3.05) is 0 Å². The van der Waals surface area contributed by atoms with E-state index >= 15 is 0 Å². The van der Waals surface area contributed by atoms with Crippen molar-refractivity contribution in [1.29, 1.82) is 0 Å². The second-order valence-electron chi connectivity index (χ2n) is 3.12. The second-order valence-corrected chi connectivity index (χ2v) is 3.12. The summed E-state index contributed by atoms with van der Waals surface area (Å²) in [6.07, 6.45) is -1.94. The minimum atomic E-state index is -4.38. The summed E-state index contributed by atoms with van der Waals surface area (Å²) in [4.78, 5) is 10.2. The molecule has 0 amide bonds. The van der Waals surface area contributed by atoms with Gasteiger partial charge in [0.1, 0.15) is 0 Å². The van der Waals surface area contributed by atoms with Crippen molar-refractivity contribution in [2.24, 2.45) is 0 Å². The zero-order valence-corrected chi connectivity index (χ0v) is 8.16. The van der Waals surface area contributed by atoms with E-state index in [-0.39, 0.29) is 6.42 Å². The van der Waals surface area contributed by atoms with Gasteiger partial charge in [-0.3, -0.25) is 4.79 Å². The molecule has 0 fully saturated rings. The maximum absolute atomic E-state index is 12.3. The van der Waals surface area contributed by atoms with Crippen molar-refractivity contribution in [3.8, 4) is 0 Å². The van der Waals surface area contributed by atoms with Gasteiger partial charge in [0.2, 0.25) is 0 Å². The lowest BCUT2D eigenvalue weighted by Gasteiger charge is -2.06. The molecule has 0 aliphatic rings. The molecule has 0 aliphatic carbocycles. The maximum atomic E-state index is 12.3. The van der Waals surface area contributed by atoms with Gasteiger partial charge in [-0.2, -0.15) is 13.2 Å². The molecule has 2 nitrogen and oxygen atoms in total. The maximum Gasteiger partial charge on any atom is 0.416 e. The molecular formula is C11H9F3O2. The fourth-order valence-corrected chi connectivity index (χ4v) is 1.11. The molecule has 0 heterocycles. The van der Waals surface area contributed by atoms with Gasteiger partial charge in [-0.05, 0) is 17.7 Å². The SMILES string of the molecule is O=C(O)CC=Cc1cccc(C(F)(F)F)c1. The molecule has 1 aromatic rings. The van der Waals surface area contributed by atoms with Gasteiger partial charge in [0.05, 0.1) is 12.0 Å². The highest BCUT2D eigenvalue weighted by Crippen LogP contribution is 2.29. The number of benzene rings is 1. The van der Waals surface area contributed by atoms with Crippen molar-refractivity contribution in [3.63, 3.8) is 0 Å². The summed E-state index contributed by atoms with van der Waals surface area (Å²) in [5.41, 5.74) is -0.416. The topological polar surface area (TPSA) is 37.3 Å². The molecule has 86 valence electrons. The van der Waals surface area contributed by atoms with E-state index in [2.05, 4.69) is 0 Å². The molecule has 0 atom stereocenters. The zero-order chi connectivity index (χ0) is 12.2. The fourth-order valence-electron chi connectivity index (χ4n) is 1.11. The van der Waals surface area contributed by atoms with Crippen LogP contribution in [-0.4, -0.2) is 11.1 Å². The van der Waals surface area contributed by atoms with E-state index in [0.717, 1.165) is 12.1 Å². The summed E-state index contributed by atoms with van der Waals surface area (Å²) >= 11 is 0. The Balaban J connectivity index is 2.83. The summed E-state index contributed by atoms with van der Waals surface area (Å²) in [7, 11) is 0. The minimum Gasteiger partial charge on any atom is -0.481 e. The molecule has 0 bridgehead atoms. The smallest absolute Gasteiger partial charge is 0.416 e. The van der Waals surface area contributed by atoms with Crippen LogP contribution in [0.5, 0.6) is 0 Å². The van der Waals surface area contributed by atoms with E-state index in [4.69, 9.17) is 5.11 Å². The van der Waals surface area contributed by atoms with Crippen LogP contribution in [0.1, 0.15) is 17.5 Å². The van der Waals surface area contributed by atoms with Crippen LogP contribution in [0.25, 0.3) is 6.08 Å². The lowest BCUT2D eigenvalue weighted by atomic mass is 10.1. The molecule has 1 N–H and O–H groups in total. The minimum absolute atomic E-state index is 0.212. The van der Waals surface area contributed by atoms with Crippen molar-refractivity contribution in [3.05, 3.63) is 41.5 Å². The predicted molar refractivity (Wildman–Crippen MR) is 52.7 cm³/mol. The number of carboxylic acid groups (broad SMARTS) is 1. The number of carbonyl (C=O) groups is 1. The lowest BCUT2D eigenvalue weighted by Crippen LogP contribution is -2.04. The molecule has 0 saturated carbocycles. The molecule has 16 heavy (non-hydrogen) atoms. The highest BCUT2D eigenvalue weighted by atomic mass is 19.4. The Hall–Kier alpha value is -1.78. The van der Waals surface area contributed by atoms with Crippen LogP contribution >= 0.6 is 0 Å². The monoisotopic (exact) mass is 230 g/mol. The van der Waals surface area contributed by atoms with E-state index < -0.39 is 17.7 Å². The summed E-state index contributed by atoms with van der Waals surface area (Å²) in [5.74, 6) is -1.02. The molecule has 0 aliphatic heterocycles. The molecule has 5 heteroatoms. The van der Waals surface area contributed by atoms with E-state index in [1.165, 1.54) is 24.3 Å². The number of alkyl halides is 3. The van der Waals surface area contributed by atoms with Gasteiger partial charge in [-0.15, -0.1) is 0 Å². The van der Waals surface area contributed by atoms with Gasteiger partial charge < -0.3 is 5.11 Å². The fraction of sp³-hybridized carbons (Fsp3) is 0.182. The number of hydrogen-bond donors (Lipinski definition) is 1. The third kappa shape index (κ3) is 3.76. The second kappa shape index (κ2) is 4.83. The van der Waals surface area contributed by atoms with Crippen LogP contribution in [-0.2, 0) is 11.0 Å². The van der Waals surface area contributed by atoms with Gasteiger partial charge in [-0.1, -0.05) is 24.3 Å². The number of aliphatic carboxylic acids is 1. The van der Waals surface area contributed by atoms with E-state index in [0.29, 0.717) is 5.56 Å². The molecule has 1 aromatic carbocycles. The van der Waals surface area contributed by atoms with Gasteiger partial charge in [-0.25, -0.2) is 0 Å². The summed E-state index contributed by atoms with van der Waals surface area (Å²) in [5, 5.41) is 8.34. The summed E-state index contributed by atoms with van der Waals surface area (Å²) in [6.45, 7) is 0. The highest BCUT2D eigenvalue weighted by molar-refractivity contribution is 5.70. The molecule has 0 spiro atoms. The predicted octanol–water partition coefficient (Wildman–Crippen LogP) is 3.19. The van der Waals surface area contributed by atoms with Crippen molar-refractivity contribution >= 4 is 12.0 Å². The van der Waals surface area contributed by atoms with Crippen molar-refractivity contribution in [1.82, 2.24) is 0 Å². The standard InChI is InChI=1S/C11H9F3O2/c12-11(13,14)9-5-1-3-8(7-9)4-2-6-10(15)16/h1-5,7H,6H2,(H,15,16). The zero-order valence-electron chi connectivity index (χ0n) is 8.16. The lowest BCUT2D eigenvalue weighted by molar-refractivity contribution is -0.138. The normalized spacial score (nSPS) is 11.9. The third-order valence-corrected chi connectivity index (χ3v) is 1.82. The van der Waals surface area contributed by atoms with Crippen LogP contribution in [0.3, 0.4) is 0 Å². The van der Waals surface area contributed by atoms with Gasteiger partial charge in [0, 0.05) is 0 Å². The largest absolute Gasteiger partial charge is 0.481 e. The van der Waals surface area contributed by atoms with Crippen LogP contribution in [0.2, 0.25) is 0 Å². The number of rotatable bonds is 3. The van der Waals surface area contributed by atoms with E-state index in [1.54, 1.807) is 0 Å².